The molecule has 0 spiro atoms. The van der Waals surface area contributed by atoms with Gasteiger partial charge in [0.2, 0.25) is 0 Å². The monoisotopic (exact) mass is 494 g/mol. The number of nitrogens with zero attached hydrogens (tertiary/aromatic N) is 4. The number of thioether (sulfide) groups is 2. The number of hydrogen-bond acceptors (Lipinski definition) is 6. The average Bonchev–Trinajstić information content (AvgIpc) is 3.41. The van der Waals surface area contributed by atoms with Crippen molar-refractivity contribution in [3.63, 3.8) is 0 Å². The molecule has 0 unspecified atom stereocenters. The summed E-state index contributed by atoms with van der Waals surface area (Å²) in [6.07, 6.45) is 1.78. The Bertz CT molecular complexity index is 1540. The predicted molar refractivity (Wildman–Crippen MR) is 147 cm³/mol. The lowest BCUT2D eigenvalue weighted by Crippen LogP contribution is -2.29. The molecule has 1 saturated heterocycles. The first-order valence-electron chi connectivity index (χ1n) is 11.4. The van der Waals surface area contributed by atoms with E-state index in [2.05, 4.69) is 28.9 Å². The molecule has 7 heteroatoms. The Balaban J connectivity index is 1.52. The van der Waals surface area contributed by atoms with E-state index in [-0.39, 0.29) is 5.91 Å². The number of aryl methyl sites for hydroxylation is 1. The Morgan fingerprint density at radius 3 is 2.66 bits per heavy atom. The number of amides is 1. The second-order valence-corrected chi connectivity index (χ2v) is 10.3. The first kappa shape index (κ1) is 21.9. The summed E-state index contributed by atoms with van der Waals surface area (Å²) in [5.74, 6) is -0.0496. The van der Waals surface area contributed by atoms with Crippen LogP contribution in [0.2, 0.25) is 0 Å². The van der Waals surface area contributed by atoms with Gasteiger partial charge in [0.25, 0.3) is 5.91 Å². The fraction of sp³-hybridized carbons (Fsp3) is 0.107. The fourth-order valence-electron chi connectivity index (χ4n) is 4.38. The van der Waals surface area contributed by atoms with E-state index in [1.54, 1.807) is 22.9 Å². The van der Waals surface area contributed by atoms with Gasteiger partial charge >= 0.3 is 0 Å². The Labute approximate surface area is 212 Å². The normalized spacial score (nSPS) is 18.7. The van der Waals surface area contributed by atoms with Gasteiger partial charge in [-0.15, -0.1) is 0 Å². The molecular weight excluding hydrogens is 472 g/mol. The molecule has 4 aromatic rings. The first-order chi connectivity index (χ1) is 17.1. The van der Waals surface area contributed by atoms with Crippen molar-refractivity contribution in [2.24, 2.45) is 4.99 Å². The van der Waals surface area contributed by atoms with E-state index >= 15 is 0 Å². The number of hydrogen-bond donors (Lipinski definition) is 0. The third-order valence-electron chi connectivity index (χ3n) is 6.00. The summed E-state index contributed by atoms with van der Waals surface area (Å²) >= 11 is 3.09. The number of para-hydroxylation sites is 1. The summed E-state index contributed by atoms with van der Waals surface area (Å²) in [4.78, 5) is 29.3. The molecule has 3 heterocycles. The van der Waals surface area contributed by atoms with Crippen molar-refractivity contribution in [1.29, 1.82) is 0 Å². The van der Waals surface area contributed by atoms with E-state index in [9.17, 15) is 4.79 Å². The van der Waals surface area contributed by atoms with E-state index in [4.69, 9.17) is 4.99 Å². The van der Waals surface area contributed by atoms with Crippen LogP contribution in [-0.2, 0) is 4.79 Å². The number of carbonyl (C=O) groups excluding carboxylic acids is 1. The molecule has 5 nitrogen and oxygen atoms in total. The molecule has 2 aliphatic heterocycles. The standard InChI is InChI=1S/C28H22N4OS2/c1-3-31-23-14-4-5-15-24(23)34-27(31)25-26(33)32(19-10-6-9-18(2)17-19)28(35-25)30-22-13-7-12-21-20(22)11-8-16-29-21/h4-17H,3H2,1-2H3/b27-25-,30-28?. The summed E-state index contributed by atoms with van der Waals surface area (Å²) in [6.45, 7) is 4.93. The zero-order chi connectivity index (χ0) is 23.9. The van der Waals surface area contributed by atoms with E-state index < -0.39 is 0 Å². The fourth-order valence-corrected chi connectivity index (χ4v) is 6.76. The Kier molecular flexibility index (Phi) is 5.59. The van der Waals surface area contributed by atoms with Crippen LogP contribution in [0.1, 0.15) is 12.5 Å². The minimum atomic E-state index is -0.0496. The van der Waals surface area contributed by atoms with Crippen LogP contribution in [0, 0.1) is 6.92 Å². The topological polar surface area (TPSA) is 48.8 Å². The second kappa shape index (κ2) is 8.91. The minimum absolute atomic E-state index is 0.0496. The molecule has 0 radical (unpaired) electrons. The highest BCUT2D eigenvalue weighted by molar-refractivity contribution is 8.20. The molecule has 0 saturated carbocycles. The SMILES string of the molecule is CCN1/C(=C2/SC(=Nc3cccc4ncccc34)N(c3cccc(C)c3)C2=O)Sc2ccccc21. The largest absolute Gasteiger partial charge is 0.334 e. The lowest BCUT2D eigenvalue weighted by Gasteiger charge is -2.19. The van der Waals surface area contributed by atoms with Crippen LogP contribution in [0.15, 0.2) is 105 Å². The summed E-state index contributed by atoms with van der Waals surface area (Å²) < 4.78 is 0. The van der Waals surface area contributed by atoms with Crippen molar-refractivity contribution in [1.82, 2.24) is 4.98 Å². The van der Waals surface area contributed by atoms with Crippen LogP contribution < -0.4 is 9.80 Å². The van der Waals surface area contributed by atoms with Gasteiger partial charge < -0.3 is 4.90 Å². The summed E-state index contributed by atoms with van der Waals surface area (Å²) in [7, 11) is 0. The van der Waals surface area contributed by atoms with Gasteiger partial charge in [-0.3, -0.25) is 14.7 Å². The van der Waals surface area contributed by atoms with Crippen molar-refractivity contribution in [2.75, 3.05) is 16.3 Å². The Morgan fingerprint density at radius 1 is 0.943 bits per heavy atom. The number of rotatable bonds is 3. The van der Waals surface area contributed by atoms with Crippen LogP contribution in [0.25, 0.3) is 10.9 Å². The number of pyridine rings is 1. The number of anilines is 2. The number of carbonyl (C=O) groups is 1. The number of amidine groups is 1. The van der Waals surface area contributed by atoms with Crippen molar-refractivity contribution in [3.8, 4) is 0 Å². The van der Waals surface area contributed by atoms with Crippen molar-refractivity contribution in [3.05, 3.63) is 101 Å². The number of fused-ring (bicyclic) bond motifs is 2. The molecule has 0 aliphatic carbocycles. The summed E-state index contributed by atoms with van der Waals surface area (Å²) in [5.41, 5.74) is 4.73. The molecule has 2 aliphatic rings. The molecule has 6 rings (SSSR count). The summed E-state index contributed by atoms with van der Waals surface area (Å²) in [6, 6.07) is 26.1. The van der Waals surface area contributed by atoms with Gasteiger partial charge in [-0.2, -0.15) is 0 Å². The van der Waals surface area contributed by atoms with Gasteiger partial charge in [-0.05, 0) is 79.7 Å². The maximum atomic E-state index is 14.0. The van der Waals surface area contributed by atoms with Crippen molar-refractivity contribution in [2.45, 2.75) is 18.7 Å². The van der Waals surface area contributed by atoms with Crippen LogP contribution in [-0.4, -0.2) is 22.6 Å². The van der Waals surface area contributed by atoms with Crippen molar-refractivity contribution < 1.29 is 4.79 Å². The molecule has 35 heavy (non-hydrogen) atoms. The second-order valence-electron chi connectivity index (χ2n) is 8.27. The number of aromatic nitrogens is 1. The van der Waals surface area contributed by atoms with E-state index in [1.165, 1.54) is 11.8 Å². The lowest BCUT2D eigenvalue weighted by atomic mass is 10.2. The number of aliphatic imine (C=N–C) groups is 1. The van der Waals surface area contributed by atoms with Crippen LogP contribution in [0.5, 0.6) is 0 Å². The lowest BCUT2D eigenvalue weighted by molar-refractivity contribution is -0.113. The minimum Gasteiger partial charge on any atom is -0.334 e. The third-order valence-corrected chi connectivity index (χ3v) is 8.34. The van der Waals surface area contributed by atoms with Gasteiger partial charge in [-0.25, -0.2) is 4.99 Å². The maximum absolute atomic E-state index is 14.0. The average molecular weight is 495 g/mol. The van der Waals surface area contributed by atoms with Gasteiger partial charge in [0, 0.05) is 23.0 Å². The van der Waals surface area contributed by atoms with Crippen LogP contribution in [0.3, 0.4) is 0 Å². The highest BCUT2D eigenvalue weighted by atomic mass is 32.2. The first-order valence-corrected chi connectivity index (χ1v) is 13.1. The molecular formula is C28H22N4OS2. The van der Waals surface area contributed by atoms with Gasteiger partial charge in [0.1, 0.15) is 9.93 Å². The third kappa shape index (κ3) is 3.81. The molecule has 3 aromatic carbocycles. The quantitative estimate of drug-likeness (QED) is 0.284. The predicted octanol–water partition coefficient (Wildman–Crippen LogP) is 7.11. The zero-order valence-corrected chi connectivity index (χ0v) is 20.9. The van der Waals surface area contributed by atoms with Gasteiger partial charge in [-0.1, -0.05) is 42.1 Å². The van der Waals surface area contributed by atoms with E-state index in [0.29, 0.717) is 10.1 Å². The zero-order valence-electron chi connectivity index (χ0n) is 19.3. The van der Waals surface area contributed by atoms with Gasteiger partial charge in [0.05, 0.1) is 22.6 Å². The smallest absolute Gasteiger partial charge is 0.274 e. The highest BCUT2D eigenvalue weighted by Gasteiger charge is 2.40. The molecule has 1 amide bonds. The highest BCUT2D eigenvalue weighted by Crippen LogP contribution is 2.51. The summed E-state index contributed by atoms with van der Waals surface area (Å²) in [5, 5.41) is 2.57. The molecule has 172 valence electrons. The Hall–Kier alpha value is -3.55. The molecule has 1 fully saturated rings. The van der Waals surface area contributed by atoms with E-state index in [1.807, 2.05) is 73.7 Å². The Morgan fingerprint density at radius 2 is 1.80 bits per heavy atom. The van der Waals surface area contributed by atoms with E-state index in [0.717, 1.165) is 50.0 Å². The molecule has 0 N–H and O–H groups in total. The molecule has 1 aromatic heterocycles. The molecule has 0 atom stereocenters. The number of benzene rings is 3. The molecule has 0 bridgehead atoms. The van der Waals surface area contributed by atoms with Crippen molar-refractivity contribution >= 4 is 62.6 Å². The van der Waals surface area contributed by atoms with Crippen LogP contribution >= 0.6 is 23.5 Å². The maximum Gasteiger partial charge on any atom is 0.274 e. The van der Waals surface area contributed by atoms with Crippen LogP contribution in [0.4, 0.5) is 17.1 Å². The van der Waals surface area contributed by atoms with Gasteiger partial charge in [0.15, 0.2) is 5.17 Å².